The average molecular weight is 370 g/mol. The summed E-state index contributed by atoms with van der Waals surface area (Å²) in [5.41, 5.74) is 0.998. The Hall–Kier alpha value is -1.76. The Kier molecular flexibility index (Phi) is 8.75. The fourth-order valence-corrected chi connectivity index (χ4v) is 2.44. The number of nitrogens with one attached hydrogen (secondary N) is 2. The lowest BCUT2D eigenvalue weighted by molar-refractivity contribution is 0.368. The third-order valence-electron chi connectivity index (χ3n) is 3.94. The molecule has 6 nitrogen and oxygen atoms in total. The van der Waals surface area contributed by atoms with E-state index in [2.05, 4.69) is 35.7 Å². The number of guanidine groups is 1. The van der Waals surface area contributed by atoms with Crippen molar-refractivity contribution < 1.29 is 14.2 Å². The van der Waals surface area contributed by atoms with Crippen LogP contribution in [0.5, 0.6) is 17.2 Å². The van der Waals surface area contributed by atoms with E-state index in [-0.39, 0.29) is 4.75 Å². The summed E-state index contributed by atoms with van der Waals surface area (Å²) in [6.07, 6.45) is 2.85. The number of thioether (sulfide) groups is 1. The van der Waals surface area contributed by atoms with Gasteiger partial charge in [0.25, 0.3) is 0 Å². The number of rotatable bonds is 9. The predicted molar refractivity (Wildman–Crippen MR) is 107 cm³/mol. The minimum atomic E-state index is 0.153. The fourth-order valence-electron chi connectivity index (χ4n) is 2.22. The number of benzene rings is 1. The van der Waals surface area contributed by atoms with Crippen LogP contribution in [-0.2, 0) is 6.42 Å². The number of hydrogen-bond acceptors (Lipinski definition) is 5. The van der Waals surface area contributed by atoms with Gasteiger partial charge in [0.2, 0.25) is 0 Å². The maximum absolute atomic E-state index is 5.48. The van der Waals surface area contributed by atoms with Crippen LogP contribution in [0.1, 0.15) is 19.4 Å². The van der Waals surface area contributed by atoms with Crippen LogP contribution in [0.2, 0.25) is 0 Å². The molecule has 0 bridgehead atoms. The molecule has 0 aliphatic heterocycles. The standard InChI is InChI=1S/C18H31N3O3S/c1-18(2,25-7)12-21-17(19-3)20-9-8-14-15(23-5)10-13(22-4)11-16(14)24-6/h10-11H,8-9,12H2,1-7H3,(H2,19,20,21). The van der Waals surface area contributed by atoms with Crippen LogP contribution in [0.4, 0.5) is 0 Å². The molecular formula is C18H31N3O3S. The lowest BCUT2D eigenvalue weighted by Gasteiger charge is -2.24. The smallest absolute Gasteiger partial charge is 0.191 e. The van der Waals surface area contributed by atoms with Gasteiger partial charge >= 0.3 is 0 Å². The molecule has 0 spiro atoms. The Morgan fingerprint density at radius 2 is 1.68 bits per heavy atom. The van der Waals surface area contributed by atoms with Gasteiger partial charge in [-0.1, -0.05) is 0 Å². The molecule has 0 atom stereocenters. The minimum absolute atomic E-state index is 0.153. The number of ether oxygens (including phenoxy) is 3. The summed E-state index contributed by atoms with van der Waals surface area (Å²) in [7, 11) is 6.70. The quantitative estimate of drug-likeness (QED) is 0.515. The van der Waals surface area contributed by atoms with Crippen molar-refractivity contribution in [1.29, 1.82) is 0 Å². The highest BCUT2D eigenvalue weighted by Crippen LogP contribution is 2.34. The summed E-state index contributed by atoms with van der Waals surface area (Å²) in [4.78, 5) is 4.27. The van der Waals surface area contributed by atoms with Crippen LogP contribution in [0.3, 0.4) is 0 Å². The molecule has 1 aromatic rings. The van der Waals surface area contributed by atoms with Crippen LogP contribution in [0.15, 0.2) is 17.1 Å². The monoisotopic (exact) mass is 369 g/mol. The molecular weight excluding hydrogens is 338 g/mol. The normalized spacial score (nSPS) is 11.9. The van der Waals surface area contributed by atoms with Crippen LogP contribution in [0, 0.1) is 0 Å². The van der Waals surface area contributed by atoms with E-state index in [1.54, 1.807) is 28.4 Å². The van der Waals surface area contributed by atoms with Gasteiger partial charge < -0.3 is 24.8 Å². The molecule has 0 saturated carbocycles. The highest BCUT2D eigenvalue weighted by Gasteiger charge is 2.16. The summed E-state index contributed by atoms with van der Waals surface area (Å²) in [5, 5.41) is 6.69. The molecule has 25 heavy (non-hydrogen) atoms. The first kappa shape index (κ1) is 21.3. The third kappa shape index (κ3) is 6.57. The van der Waals surface area contributed by atoms with Crippen molar-refractivity contribution in [2.75, 3.05) is 47.7 Å². The zero-order valence-corrected chi connectivity index (χ0v) is 17.2. The van der Waals surface area contributed by atoms with Crippen molar-refractivity contribution in [2.24, 2.45) is 4.99 Å². The molecule has 0 aliphatic rings. The topological polar surface area (TPSA) is 64.1 Å². The highest BCUT2D eigenvalue weighted by molar-refractivity contribution is 7.99. The lowest BCUT2D eigenvalue weighted by atomic mass is 10.1. The van der Waals surface area contributed by atoms with Crippen molar-refractivity contribution >= 4 is 17.7 Å². The van der Waals surface area contributed by atoms with E-state index in [9.17, 15) is 0 Å². The van der Waals surface area contributed by atoms with Gasteiger partial charge in [-0.05, 0) is 26.5 Å². The van der Waals surface area contributed by atoms with Gasteiger partial charge in [-0.2, -0.15) is 11.8 Å². The second-order valence-corrected chi connectivity index (χ2v) is 7.59. The summed E-state index contributed by atoms with van der Waals surface area (Å²) in [6.45, 7) is 5.94. The summed E-state index contributed by atoms with van der Waals surface area (Å²) < 4.78 is 16.4. The first-order valence-corrected chi connectivity index (χ1v) is 9.41. The predicted octanol–water partition coefficient (Wildman–Crippen LogP) is 2.56. The molecule has 0 aliphatic carbocycles. The van der Waals surface area contributed by atoms with Crippen molar-refractivity contribution in [1.82, 2.24) is 10.6 Å². The molecule has 1 rings (SSSR count). The van der Waals surface area contributed by atoms with Gasteiger partial charge in [0, 0.05) is 42.6 Å². The van der Waals surface area contributed by atoms with Crippen LogP contribution < -0.4 is 24.8 Å². The molecule has 142 valence electrons. The maximum Gasteiger partial charge on any atom is 0.191 e. The first-order chi connectivity index (χ1) is 11.9. The molecule has 0 fully saturated rings. The zero-order valence-electron chi connectivity index (χ0n) is 16.4. The van der Waals surface area contributed by atoms with Gasteiger partial charge in [0.1, 0.15) is 17.2 Å². The summed E-state index contributed by atoms with van der Waals surface area (Å²) in [6, 6.07) is 3.73. The summed E-state index contributed by atoms with van der Waals surface area (Å²) in [5.74, 6) is 3.00. The van der Waals surface area contributed by atoms with Crippen LogP contribution >= 0.6 is 11.8 Å². The molecule has 0 aromatic heterocycles. The highest BCUT2D eigenvalue weighted by atomic mass is 32.2. The van der Waals surface area contributed by atoms with E-state index in [1.165, 1.54) is 0 Å². The second kappa shape index (κ2) is 10.3. The van der Waals surface area contributed by atoms with Crippen LogP contribution in [0.25, 0.3) is 0 Å². The Balaban J connectivity index is 2.71. The Labute approximate surface area is 155 Å². The zero-order chi connectivity index (χ0) is 18.9. The van der Waals surface area contributed by atoms with Crippen molar-refractivity contribution in [2.45, 2.75) is 25.0 Å². The molecule has 0 saturated heterocycles. The van der Waals surface area contributed by atoms with Crippen molar-refractivity contribution in [3.05, 3.63) is 17.7 Å². The number of methoxy groups -OCH3 is 3. The van der Waals surface area contributed by atoms with E-state index in [1.807, 2.05) is 23.9 Å². The summed E-state index contributed by atoms with van der Waals surface area (Å²) >= 11 is 1.82. The van der Waals surface area contributed by atoms with Gasteiger partial charge in [0.05, 0.1) is 21.3 Å². The third-order valence-corrected chi connectivity index (χ3v) is 5.19. The number of hydrogen-bond donors (Lipinski definition) is 2. The molecule has 1 aromatic carbocycles. The Morgan fingerprint density at radius 1 is 1.08 bits per heavy atom. The lowest BCUT2D eigenvalue weighted by Crippen LogP contribution is -2.43. The minimum Gasteiger partial charge on any atom is -0.496 e. The van der Waals surface area contributed by atoms with Gasteiger partial charge in [-0.25, -0.2) is 0 Å². The molecule has 2 N–H and O–H groups in total. The van der Waals surface area contributed by atoms with Crippen LogP contribution in [-0.4, -0.2) is 58.4 Å². The van der Waals surface area contributed by atoms with Gasteiger partial charge in [-0.15, -0.1) is 0 Å². The van der Waals surface area contributed by atoms with E-state index in [4.69, 9.17) is 14.2 Å². The molecule has 0 heterocycles. The molecule has 0 amide bonds. The van der Waals surface area contributed by atoms with E-state index in [0.29, 0.717) is 12.3 Å². The number of nitrogens with zero attached hydrogens (tertiary/aromatic N) is 1. The van der Waals surface area contributed by atoms with Gasteiger partial charge in [-0.3, -0.25) is 4.99 Å². The molecule has 0 unspecified atom stereocenters. The fraction of sp³-hybridized carbons (Fsp3) is 0.611. The second-order valence-electron chi connectivity index (χ2n) is 6.08. The molecule has 7 heteroatoms. The van der Waals surface area contributed by atoms with Gasteiger partial charge in [0.15, 0.2) is 5.96 Å². The largest absolute Gasteiger partial charge is 0.496 e. The van der Waals surface area contributed by atoms with E-state index >= 15 is 0 Å². The average Bonchev–Trinajstić information content (AvgIpc) is 2.63. The molecule has 0 radical (unpaired) electrons. The maximum atomic E-state index is 5.48. The van der Waals surface area contributed by atoms with E-state index < -0.39 is 0 Å². The Morgan fingerprint density at radius 3 is 2.12 bits per heavy atom. The first-order valence-electron chi connectivity index (χ1n) is 8.19. The van der Waals surface area contributed by atoms with Crippen molar-refractivity contribution in [3.63, 3.8) is 0 Å². The number of aliphatic imine (C=N–C) groups is 1. The van der Waals surface area contributed by atoms with E-state index in [0.717, 1.165) is 36.0 Å². The Bertz CT molecular complexity index is 552. The van der Waals surface area contributed by atoms with Crippen molar-refractivity contribution in [3.8, 4) is 17.2 Å². The SMILES string of the molecule is CN=C(NCCc1c(OC)cc(OC)cc1OC)NCC(C)(C)SC.